The molecule has 1 aliphatic carbocycles. The lowest BCUT2D eigenvalue weighted by Crippen LogP contribution is -2.53. The molecule has 1 N–H and O–H groups in total. The Morgan fingerprint density at radius 3 is 2.90 bits per heavy atom. The molecule has 0 spiro atoms. The number of halogens is 1. The molecule has 1 saturated carbocycles. The van der Waals surface area contributed by atoms with Gasteiger partial charge in [-0.3, -0.25) is 0 Å². The Hall–Kier alpha value is -0.580. The third kappa shape index (κ3) is 3.13. The molecule has 4 heteroatoms. The molecule has 0 radical (unpaired) electrons. The second-order valence-corrected chi connectivity index (χ2v) is 7.03. The molecule has 0 bridgehead atoms. The van der Waals surface area contributed by atoms with Gasteiger partial charge in [-0.2, -0.15) is 0 Å². The number of nitrogens with zero attached hydrogens (tertiary/aromatic N) is 1. The van der Waals surface area contributed by atoms with Crippen molar-refractivity contribution < 1.29 is 4.74 Å². The highest BCUT2D eigenvalue weighted by Crippen LogP contribution is 2.36. The minimum Gasteiger partial charge on any atom is -0.374 e. The monoisotopic (exact) mass is 352 g/mol. The molecule has 0 aromatic heterocycles. The van der Waals surface area contributed by atoms with Gasteiger partial charge < -0.3 is 15.0 Å². The van der Waals surface area contributed by atoms with Gasteiger partial charge in [0.25, 0.3) is 0 Å². The fourth-order valence-corrected chi connectivity index (χ4v) is 4.21. The molecule has 0 amide bonds. The predicted molar refractivity (Wildman–Crippen MR) is 91.0 cm³/mol. The van der Waals surface area contributed by atoms with Crippen LogP contribution in [0.5, 0.6) is 0 Å². The molecule has 1 aliphatic heterocycles. The molecule has 1 saturated heterocycles. The molecule has 1 aromatic carbocycles. The molecule has 3 unspecified atom stereocenters. The normalized spacial score (nSPS) is 27.3. The first-order valence-electron chi connectivity index (χ1n) is 8.05. The predicted octanol–water partition coefficient (Wildman–Crippen LogP) is 3.88. The van der Waals surface area contributed by atoms with Crippen LogP contribution in [-0.4, -0.2) is 32.3 Å². The number of benzene rings is 1. The van der Waals surface area contributed by atoms with E-state index in [1.165, 1.54) is 41.4 Å². The number of nitrogens with one attached hydrogen (secondary N) is 1. The highest BCUT2D eigenvalue weighted by atomic mass is 79.9. The summed E-state index contributed by atoms with van der Waals surface area (Å²) in [6.07, 6.45) is 5.54. The number of fused-ring (bicyclic) bond motifs is 1. The van der Waals surface area contributed by atoms with E-state index in [4.69, 9.17) is 4.74 Å². The number of hydrogen-bond donors (Lipinski definition) is 1. The quantitative estimate of drug-likeness (QED) is 0.893. The van der Waals surface area contributed by atoms with Crippen LogP contribution in [0.1, 0.15) is 44.2 Å². The maximum atomic E-state index is 5.99. The molecule has 2 aliphatic rings. The smallest absolute Gasteiger partial charge is 0.0779 e. The first-order valence-corrected chi connectivity index (χ1v) is 8.85. The van der Waals surface area contributed by atoms with Crippen LogP contribution < -0.4 is 10.2 Å². The van der Waals surface area contributed by atoms with Gasteiger partial charge in [-0.15, -0.1) is 0 Å². The maximum absolute atomic E-state index is 5.99. The van der Waals surface area contributed by atoms with Gasteiger partial charge in [-0.25, -0.2) is 0 Å². The molecule has 3 atom stereocenters. The Kier molecular flexibility index (Phi) is 4.87. The summed E-state index contributed by atoms with van der Waals surface area (Å²) in [7, 11) is 2.00. The second kappa shape index (κ2) is 6.67. The SMILES string of the molecule is CNC(C)c1ccc(N2CCOC3CCCCC32)c(Br)c1. The molecule has 1 aromatic rings. The van der Waals surface area contributed by atoms with E-state index < -0.39 is 0 Å². The number of morpholine rings is 1. The highest BCUT2D eigenvalue weighted by molar-refractivity contribution is 9.10. The standard InChI is InChI=1S/C17H25BrN2O/c1-12(19-2)13-7-8-15(14(18)11-13)20-9-10-21-17-6-4-3-5-16(17)20/h7-8,11-12,16-17,19H,3-6,9-10H2,1-2H3. The Morgan fingerprint density at radius 2 is 2.14 bits per heavy atom. The average molecular weight is 353 g/mol. The van der Waals surface area contributed by atoms with Crippen LogP contribution in [-0.2, 0) is 4.74 Å². The Labute approximate surface area is 136 Å². The van der Waals surface area contributed by atoms with Crippen LogP contribution in [0.2, 0.25) is 0 Å². The summed E-state index contributed by atoms with van der Waals surface area (Å²) in [6, 6.07) is 7.70. The van der Waals surface area contributed by atoms with Crippen LogP contribution in [0.25, 0.3) is 0 Å². The van der Waals surface area contributed by atoms with Crippen LogP contribution in [0.3, 0.4) is 0 Å². The Balaban J connectivity index is 1.85. The van der Waals surface area contributed by atoms with Crippen molar-refractivity contribution >= 4 is 21.6 Å². The molecule has 1 heterocycles. The third-order valence-corrected chi connectivity index (χ3v) is 5.58. The molecular formula is C17H25BrN2O. The summed E-state index contributed by atoms with van der Waals surface area (Å²) in [5, 5.41) is 3.30. The summed E-state index contributed by atoms with van der Waals surface area (Å²) in [5.41, 5.74) is 2.64. The van der Waals surface area contributed by atoms with E-state index in [9.17, 15) is 0 Å². The fraction of sp³-hybridized carbons (Fsp3) is 0.647. The van der Waals surface area contributed by atoms with Crippen LogP contribution in [0.4, 0.5) is 5.69 Å². The largest absolute Gasteiger partial charge is 0.374 e. The van der Waals surface area contributed by atoms with Gasteiger partial charge in [0, 0.05) is 17.1 Å². The molecule has 3 nitrogen and oxygen atoms in total. The fourth-order valence-electron chi connectivity index (χ4n) is 3.59. The lowest BCUT2D eigenvalue weighted by molar-refractivity contribution is -0.00872. The first kappa shape index (κ1) is 15.3. The summed E-state index contributed by atoms with van der Waals surface area (Å²) in [5.74, 6) is 0. The van der Waals surface area contributed by atoms with Crippen molar-refractivity contribution in [2.24, 2.45) is 0 Å². The molecule has 2 fully saturated rings. The van der Waals surface area contributed by atoms with Crippen molar-refractivity contribution in [2.75, 3.05) is 25.1 Å². The topological polar surface area (TPSA) is 24.5 Å². The summed E-state index contributed by atoms with van der Waals surface area (Å²) in [6.45, 7) is 4.04. The van der Waals surface area contributed by atoms with E-state index in [0.29, 0.717) is 18.2 Å². The zero-order valence-electron chi connectivity index (χ0n) is 12.9. The van der Waals surface area contributed by atoms with E-state index in [1.807, 2.05) is 7.05 Å². The van der Waals surface area contributed by atoms with Gasteiger partial charge in [-0.05, 0) is 60.4 Å². The summed E-state index contributed by atoms with van der Waals surface area (Å²) >= 11 is 3.79. The lowest BCUT2D eigenvalue weighted by Gasteiger charge is -2.45. The number of ether oxygens (including phenoxy) is 1. The van der Waals surface area contributed by atoms with Gasteiger partial charge >= 0.3 is 0 Å². The van der Waals surface area contributed by atoms with Crippen LogP contribution in [0.15, 0.2) is 22.7 Å². The molecule has 3 rings (SSSR count). The van der Waals surface area contributed by atoms with Crippen molar-refractivity contribution in [1.29, 1.82) is 0 Å². The Bertz CT molecular complexity index is 492. The minimum atomic E-state index is 0.377. The van der Waals surface area contributed by atoms with Crippen LogP contribution >= 0.6 is 15.9 Å². The van der Waals surface area contributed by atoms with Gasteiger partial charge in [0.2, 0.25) is 0 Å². The third-order valence-electron chi connectivity index (χ3n) is 4.95. The highest BCUT2D eigenvalue weighted by Gasteiger charge is 2.34. The molecular weight excluding hydrogens is 328 g/mol. The van der Waals surface area contributed by atoms with E-state index in [-0.39, 0.29) is 0 Å². The van der Waals surface area contributed by atoms with E-state index in [2.05, 4.69) is 51.3 Å². The minimum absolute atomic E-state index is 0.377. The number of rotatable bonds is 3. The van der Waals surface area contributed by atoms with Gasteiger partial charge in [0.15, 0.2) is 0 Å². The van der Waals surface area contributed by atoms with Gasteiger partial charge in [0.05, 0.1) is 24.4 Å². The molecule has 21 heavy (non-hydrogen) atoms. The zero-order valence-corrected chi connectivity index (χ0v) is 14.5. The van der Waals surface area contributed by atoms with Gasteiger partial charge in [0.1, 0.15) is 0 Å². The summed E-state index contributed by atoms with van der Waals surface area (Å²) < 4.78 is 7.19. The van der Waals surface area contributed by atoms with Crippen molar-refractivity contribution in [2.45, 2.75) is 50.8 Å². The first-order chi connectivity index (χ1) is 10.2. The van der Waals surface area contributed by atoms with Crippen LogP contribution in [0, 0.1) is 0 Å². The molecule has 116 valence electrons. The van der Waals surface area contributed by atoms with Crippen molar-refractivity contribution in [3.05, 3.63) is 28.2 Å². The van der Waals surface area contributed by atoms with E-state index in [0.717, 1.165) is 13.2 Å². The zero-order chi connectivity index (χ0) is 14.8. The number of anilines is 1. The van der Waals surface area contributed by atoms with Crippen molar-refractivity contribution in [3.63, 3.8) is 0 Å². The van der Waals surface area contributed by atoms with Gasteiger partial charge in [-0.1, -0.05) is 18.9 Å². The average Bonchev–Trinajstić information content (AvgIpc) is 2.53. The lowest BCUT2D eigenvalue weighted by atomic mass is 9.89. The van der Waals surface area contributed by atoms with Crippen molar-refractivity contribution in [1.82, 2.24) is 5.32 Å². The maximum Gasteiger partial charge on any atom is 0.0779 e. The summed E-state index contributed by atoms with van der Waals surface area (Å²) in [4.78, 5) is 2.56. The second-order valence-electron chi connectivity index (χ2n) is 6.18. The van der Waals surface area contributed by atoms with E-state index in [1.54, 1.807) is 0 Å². The Morgan fingerprint density at radius 1 is 1.33 bits per heavy atom. The number of hydrogen-bond acceptors (Lipinski definition) is 3. The van der Waals surface area contributed by atoms with Crippen molar-refractivity contribution in [3.8, 4) is 0 Å². The van der Waals surface area contributed by atoms with E-state index >= 15 is 0 Å².